The largest absolute Gasteiger partial charge is 0.445 e. The van der Waals surface area contributed by atoms with Crippen LogP contribution in [0.25, 0.3) is 0 Å². The molecule has 0 radical (unpaired) electrons. The van der Waals surface area contributed by atoms with Crippen LogP contribution in [0.4, 0.5) is 10.5 Å². The summed E-state index contributed by atoms with van der Waals surface area (Å²) in [7, 11) is -3.09. The fourth-order valence-electron chi connectivity index (χ4n) is 5.03. The highest BCUT2D eigenvalue weighted by atomic mass is 32.2. The van der Waals surface area contributed by atoms with Gasteiger partial charge < -0.3 is 9.15 Å². The summed E-state index contributed by atoms with van der Waals surface area (Å²) in [5, 5.41) is 2.59. The van der Waals surface area contributed by atoms with Crippen molar-refractivity contribution >= 4 is 21.8 Å². The van der Waals surface area contributed by atoms with Gasteiger partial charge in [-0.2, -0.15) is 4.31 Å². The molecular weight excluding hydrogens is 418 g/mol. The topological polar surface area (TPSA) is 102 Å². The molecule has 2 saturated heterocycles. The average molecular weight is 446 g/mol. The number of piperidine rings is 1. The Morgan fingerprint density at radius 3 is 2.45 bits per heavy atom. The number of ether oxygens (including phenoxy) is 1. The summed E-state index contributed by atoms with van der Waals surface area (Å²) in [4.78, 5) is 15.7. The Morgan fingerprint density at radius 2 is 1.84 bits per heavy atom. The summed E-state index contributed by atoms with van der Waals surface area (Å²) in [5.41, 5.74) is 1.86. The first-order valence-corrected chi connectivity index (χ1v) is 12.4. The Balaban J connectivity index is 1.13. The van der Waals surface area contributed by atoms with Gasteiger partial charge in [-0.3, -0.25) is 5.32 Å². The van der Waals surface area contributed by atoms with Gasteiger partial charge in [0.1, 0.15) is 0 Å². The number of oxazole rings is 1. The highest BCUT2D eigenvalue weighted by Crippen LogP contribution is 2.45. The first-order chi connectivity index (χ1) is 15.0. The Hall–Kier alpha value is -2.39. The van der Waals surface area contributed by atoms with Crippen LogP contribution >= 0.6 is 0 Å². The van der Waals surface area contributed by atoms with Crippen molar-refractivity contribution in [3.8, 4) is 0 Å². The average Bonchev–Trinajstić information content (AvgIpc) is 3.42. The molecular formula is C22H27N3O5S. The zero-order valence-electron chi connectivity index (χ0n) is 17.3. The monoisotopic (exact) mass is 445 g/mol. The van der Waals surface area contributed by atoms with Crippen molar-refractivity contribution in [2.75, 3.05) is 5.32 Å². The van der Waals surface area contributed by atoms with E-state index < -0.39 is 16.1 Å². The van der Waals surface area contributed by atoms with E-state index in [0.717, 1.165) is 44.9 Å². The molecule has 9 heteroatoms. The smallest absolute Gasteiger partial charge is 0.412 e. The van der Waals surface area contributed by atoms with E-state index in [-0.39, 0.29) is 23.9 Å². The SMILES string of the molecule is O=C(Nc1ccc(CC2CC3CCC(C2)N3S(=O)(=O)C2CC2)cc1)OCc1cnco1. The van der Waals surface area contributed by atoms with Crippen molar-refractivity contribution in [3.63, 3.8) is 0 Å². The van der Waals surface area contributed by atoms with Crippen LogP contribution in [0.3, 0.4) is 0 Å². The number of amides is 1. The van der Waals surface area contributed by atoms with E-state index in [1.54, 1.807) is 0 Å². The quantitative estimate of drug-likeness (QED) is 0.697. The number of rotatable bonds is 7. The minimum atomic E-state index is -3.09. The van der Waals surface area contributed by atoms with Crippen molar-refractivity contribution in [1.29, 1.82) is 0 Å². The number of hydrogen-bond donors (Lipinski definition) is 1. The Kier molecular flexibility index (Phi) is 5.47. The summed E-state index contributed by atoms with van der Waals surface area (Å²) >= 11 is 0. The maximum Gasteiger partial charge on any atom is 0.412 e. The van der Waals surface area contributed by atoms with Gasteiger partial charge in [-0.15, -0.1) is 0 Å². The molecule has 1 aromatic heterocycles. The molecule has 5 rings (SSSR count). The van der Waals surface area contributed by atoms with Crippen LogP contribution in [0.2, 0.25) is 0 Å². The highest BCUT2D eigenvalue weighted by Gasteiger charge is 2.51. The van der Waals surface area contributed by atoms with Gasteiger partial charge in [0.2, 0.25) is 10.0 Å². The van der Waals surface area contributed by atoms with E-state index >= 15 is 0 Å². The normalized spacial score (nSPS) is 26.0. The van der Waals surface area contributed by atoms with Gasteiger partial charge in [0.25, 0.3) is 0 Å². The number of aromatic nitrogens is 1. The second-order valence-corrected chi connectivity index (χ2v) is 11.0. The standard InChI is InChI=1S/C22H27N3O5S/c26-22(29-13-20-12-23-14-30-20)24-17-3-1-15(2-4-17)9-16-10-18-5-6-19(11-16)25(18)31(27,28)21-7-8-21/h1-4,12,14,16,18-19,21H,5-11,13H2,(H,24,26). The molecule has 3 heterocycles. The number of hydrogen-bond acceptors (Lipinski definition) is 6. The van der Waals surface area contributed by atoms with Gasteiger partial charge in [0, 0.05) is 17.8 Å². The molecule has 8 nitrogen and oxygen atoms in total. The molecule has 2 aromatic rings. The molecule has 3 aliphatic rings. The van der Waals surface area contributed by atoms with Gasteiger partial charge in [0.05, 0.1) is 11.4 Å². The number of carbonyl (C=O) groups is 1. The second-order valence-electron chi connectivity index (χ2n) is 8.87. The lowest BCUT2D eigenvalue weighted by molar-refractivity contribution is 0.146. The van der Waals surface area contributed by atoms with Crippen LogP contribution in [0.15, 0.2) is 41.3 Å². The third kappa shape index (κ3) is 4.48. The van der Waals surface area contributed by atoms with Crippen molar-refractivity contribution < 1.29 is 22.4 Å². The second kappa shape index (κ2) is 8.27. The molecule has 3 fully saturated rings. The van der Waals surface area contributed by atoms with Crippen molar-refractivity contribution in [3.05, 3.63) is 48.2 Å². The predicted octanol–water partition coefficient (Wildman–Crippen LogP) is 3.70. The predicted molar refractivity (Wildman–Crippen MR) is 114 cm³/mol. The number of anilines is 1. The van der Waals surface area contributed by atoms with Crippen LogP contribution in [0.5, 0.6) is 0 Å². The van der Waals surface area contributed by atoms with Crippen LogP contribution in [0, 0.1) is 5.92 Å². The molecule has 1 aliphatic carbocycles. The van der Waals surface area contributed by atoms with Gasteiger partial charge in [-0.05, 0) is 68.6 Å². The molecule has 1 saturated carbocycles. The molecule has 2 unspecified atom stereocenters. The molecule has 0 spiro atoms. The molecule has 1 amide bonds. The summed E-state index contributed by atoms with van der Waals surface area (Å²) in [6, 6.07) is 8.12. The Labute approximate surface area is 182 Å². The Bertz CT molecular complexity index is 1000. The van der Waals surface area contributed by atoms with E-state index in [9.17, 15) is 13.2 Å². The molecule has 31 heavy (non-hydrogen) atoms. The van der Waals surface area contributed by atoms with E-state index in [2.05, 4.69) is 10.3 Å². The summed E-state index contributed by atoms with van der Waals surface area (Å²) in [6.45, 7) is 0.0292. The lowest BCUT2D eigenvalue weighted by Gasteiger charge is -2.38. The van der Waals surface area contributed by atoms with E-state index in [1.807, 2.05) is 28.6 Å². The van der Waals surface area contributed by atoms with E-state index in [1.165, 1.54) is 18.2 Å². The third-order valence-corrected chi connectivity index (χ3v) is 9.05. The van der Waals surface area contributed by atoms with Crippen LogP contribution in [0.1, 0.15) is 49.8 Å². The zero-order valence-corrected chi connectivity index (χ0v) is 18.1. The van der Waals surface area contributed by atoms with Crippen molar-refractivity contribution in [1.82, 2.24) is 9.29 Å². The third-order valence-electron chi connectivity index (χ3n) is 6.56. The Morgan fingerprint density at radius 1 is 1.13 bits per heavy atom. The summed E-state index contributed by atoms with van der Waals surface area (Å²) < 4.78 is 37.6. The molecule has 1 N–H and O–H groups in total. The molecule has 166 valence electrons. The molecule has 2 bridgehead atoms. The van der Waals surface area contributed by atoms with Gasteiger partial charge in [0.15, 0.2) is 18.8 Å². The highest BCUT2D eigenvalue weighted by molar-refractivity contribution is 7.90. The number of carbonyl (C=O) groups excluding carboxylic acids is 1. The molecule has 1 aromatic carbocycles. The van der Waals surface area contributed by atoms with E-state index in [0.29, 0.717) is 17.4 Å². The molecule has 2 atom stereocenters. The molecule has 2 aliphatic heterocycles. The number of fused-ring (bicyclic) bond motifs is 2. The fraction of sp³-hybridized carbons (Fsp3) is 0.545. The number of nitrogens with one attached hydrogen (secondary N) is 1. The number of benzene rings is 1. The first kappa shape index (κ1) is 20.5. The number of nitrogens with zero attached hydrogens (tertiary/aromatic N) is 2. The number of sulfonamides is 1. The minimum Gasteiger partial charge on any atom is -0.445 e. The van der Waals surface area contributed by atoms with Crippen LogP contribution in [-0.2, 0) is 27.8 Å². The van der Waals surface area contributed by atoms with Crippen molar-refractivity contribution in [2.45, 2.75) is 68.9 Å². The maximum atomic E-state index is 12.8. The lowest BCUT2D eigenvalue weighted by atomic mass is 9.87. The summed E-state index contributed by atoms with van der Waals surface area (Å²) in [5.74, 6) is 0.976. The first-order valence-electron chi connectivity index (χ1n) is 10.9. The van der Waals surface area contributed by atoms with E-state index in [4.69, 9.17) is 9.15 Å². The lowest BCUT2D eigenvalue weighted by Crippen LogP contribution is -2.48. The van der Waals surface area contributed by atoms with Gasteiger partial charge >= 0.3 is 6.09 Å². The zero-order chi connectivity index (χ0) is 21.4. The fourth-order valence-corrected chi connectivity index (χ4v) is 7.32. The van der Waals surface area contributed by atoms with Crippen LogP contribution in [-0.4, -0.2) is 41.1 Å². The maximum absolute atomic E-state index is 12.8. The van der Waals surface area contributed by atoms with Crippen molar-refractivity contribution in [2.24, 2.45) is 5.92 Å². The van der Waals surface area contributed by atoms with Crippen LogP contribution < -0.4 is 5.32 Å². The summed E-state index contributed by atoms with van der Waals surface area (Å²) in [6.07, 6.45) is 8.69. The van der Waals surface area contributed by atoms with Gasteiger partial charge in [-0.25, -0.2) is 18.2 Å². The van der Waals surface area contributed by atoms with Gasteiger partial charge in [-0.1, -0.05) is 12.1 Å². The minimum absolute atomic E-state index is 0.0292.